The van der Waals surface area contributed by atoms with E-state index in [1.807, 2.05) is 0 Å². The predicted octanol–water partition coefficient (Wildman–Crippen LogP) is 4.88. The van der Waals surface area contributed by atoms with Crippen molar-refractivity contribution in [1.82, 2.24) is 4.90 Å². The van der Waals surface area contributed by atoms with Gasteiger partial charge in [-0.05, 0) is 64.0 Å². The molecule has 176 valence electrons. The zero-order valence-corrected chi connectivity index (χ0v) is 21.1. The largest absolute Gasteiger partial charge is 0.496 e. The van der Waals surface area contributed by atoms with E-state index in [0.717, 1.165) is 9.37 Å². The maximum atomic E-state index is 13.5. The lowest BCUT2D eigenvalue weighted by Gasteiger charge is -2.49. The molecular formula is C24H15Br2N3O6. The van der Waals surface area contributed by atoms with E-state index in [9.17, 15) is 24.5 Å². The second-order valence-electron chi connectivity index (χ2n) is 7.91. The third-order valence-corrected chi connectivity index (χ3v) is 7.24. The first-order valence-corrected chi connectivity index (χ1v) is 11.9. The number of anilines is 1. The van der Waals surface area contributed by atoms with Crippen LogP contribution in [-0.2, 0) is 4.79 Å². The van der Waals surface area contributed by atoms with Gasteiger partial charge < -0.3 is 9.64 Å². The number of nitro groups is 1. The molecule has 0 aromatic heterocycles. The van der Waals surface area contributed by atoms with E-state index >= 15 is 0 Å². The van der Waals surface area contributed by atoms with Gasteiger partial charge in [-0.15, -0.1) is 0 Å². The summed E-state index contributed by atoms with van der Waals surface area (Å²) >= 11 is 6.82. The van der Waals surface area contributed by atoms with Crippen LogP contribution in [0.25, 0.3) is 0 Å². The van der Waals surface area contributed by atoms with Crippen LogP contribution in [0.5, 0.6) is 5.75 Å². The van der Waals surface area contributed by atoms with Crippen molar-refractivity contribution in [3.8, 4) is 5.75 Å². The molecule has 3 aromatic rings. The Morgan fingerprint density at radius 1 is 0.914 bits per heavy atom. The van der Waals surface area contributed by atoms with Crippen LogP contribution >= 0.6 is 31.9 Å². The van der Waals surface area contributed by atoms with E-state index in [0.29, 0.717) is 21.5 Å². The number of hydrogen-bond acceptors (Lipinski definition) is 6. The minimum Gasteiger partial charge on any atom is -0.496 e. The Balaban J connectivity index is 1.62. The maximum Gasteiger partial charge on any atom is 0.282 e. The molecule has 5 rings (SSSR count). The number of ether oxygens (including phenoxy) is 1. The van der Waals surface area contributed by atoms with Crippen LogP contribution in [0.4, 0.5) is 11.4 Å². The number of imide groups is 1. The van der Waals surface area contributed by atoms with E-state index in [1.165, 1.54) is 30.2 Å². The number of carbonyl (C=O) groups excluding carboxylic acids is 3. The van der Waals surface area contributed by atoms with Crippen molar-refractivity contribution in [2.24, 2.45) is 0 Å². The highest BCUT2D eigenvalue weighted by Gasteiger charge is 2.58. The number of rotatable bonds is 5. The Kier molecular flexibility index (Phi) is 5.68. The number of nitrogens with zero attached hydrogens (tertiary/aromatic N) is 3. The maximum absolute atomic E-state index is 13.5. The van der Waals surface area contributed by atoms with Crippen molar-refractivity contribution in [3.63, 3.8) is 0 Å². The van der Waals surface area contributed by atoms with Gasteiger partial charge in [-0.1, -0.05) is 28.1 Å². The smallest absolute Gasteiger partial charge is 0.282 e. The Morgan fingerprint density at radius 3 is 2.26 bits per heavy atom. The van der Waals surface area contributed by atoms with Crippen molar-refractivity contribution in [2.75, 3.05) is 12.0 Å². The summed E-state index contributed by atoms with van der Waals surface area (Å²) in [6.45, 7) is 0. The standard InChI is InChI=1S/C24H15Br2N3O6/c1-35-18-10-5-12(11-16(18)26)20-21(24(32)27(20)14-8-6-13(25)7-9-14)28-22(30)15-3-2-4-17(29(33)34)19(15)23(28)31/h2-11,20-21H,1H3/t20-,21+/m1/s1. The van der Waals surface area contributed by atoms with E-state index in [1.54, 1.807) is 42.5 Å². The molecular weight excluding hydrogens is 586 g/mol. The van der Waals surface area contributed by atoms with Gasteiger partial charge in [0, 0.05) is 16.2 Å². The molecule has 0 spiro atoms. The Morgan fingerprint density at radius 2 is 1.63 bits per heavy atom. The number of fused-ring (bicyclic) bond motifs is 1. The fourth-order valence-corrected chi connectivity index (χ4v) is 5.33. The number of methoxy groups -OCH3 is 1. The van der Waals surface area contributed by atoms with Gasteiger partial charge in [0.05, 0.1) is 28.1 Å². The van der Waals surface area contributed by atoms with Gasteiger partial charge in [-0.3, -0.25) is 29.4 Å². The SMILES string of the molecule is COc1ccc([C@@H]2[C@H](N3C(=O)c4cccc([N+](=O)[O-])c4C3=O)C(=O)N2c2ccc(Br)cc2)cc1Br. The summed E-state index contributed by atoms with van der Waals surface area (Å²) in [5.74, 6) is -1.49. The monoisotopic (exact) mass is 599 g/mol. The fourth-order valence-electron chi connectivity index (χ4n) is 4.50. The lowest BCUT2D eigenvalue weighted by molar-refractivity contribution is -0.385. The molecule has 3 amide bonds. The number of nitro benzene ring substituents is 1. The third-order valence-electron chi connectivity index (χ3n) is 6.09. The van der Waals surface area contributed by atoms with Gasteiger partial charge in [0.1, 0.15) is 17.4 Å². The van der Waals surface area contributed by atoms with Crippen molar-refractivity contribution < 1.29 is 24.0 Å². The molecule has 0 N–H and O–H groups in total. The lowest BCUT2D eigenvalue weighted by Crippen LogP contribution is -2.67. The Labute approximate surface area is 215 Å². The van der Waals surface area contributed by atoms with Crippen molar-refractivity contribution >= 4 is 61.0 Å². The van der Waals surface area contributed by atoms with E-state index < -0.39 is 40.4 Å². The van der Waals surface area contributed by atoms with Crippen LogP contribution in [0.2, 0.25) is 0 Å². The number of β-lactam (4-membered cyclic amide) rings is 1. The number of halogens is 2. The highest BCUT2D eigenvalue weighted by molar-refractivity contribution is 9.10. The molecule has 2 aliphatic heterocycles. The molecule has 0 unspecified atom stereocenters. The first-order chi connectivity index (χ1) is 16.7. The second-order valence-corrected chi connectivity index (χ2v) is 9.68. The third kappa shape index (κ3) is 3.53. The summed E-state index contributed by atoms with van der Waals surface area (Å²) in [5, 5.41) is 11.5. The van der Waals surface area contributed by atoms with Gasteiger partial charge in [-0.25, -0.2) is 0 Å². The molecule has 11 heteroatoms. The predicted molar refractivity (Wildman–Crippen MR) is 132 cm³/mol. The molecule has 1 saturated heterocycles. The normalized spacial score (nSPS) is 19.0. The Hall–Kier alpha value is -3.57. The van der Waals surface area contributed by atoms with E-state index in [4.69, 9.17) is 4.74 Å². The van der Waals surface area contributed by atoms with Crippen molar-refractivity contribution in [1.29, 1.82) is 0 Å². The molecule has 2 aliphatic rings. The van der Waals surface area contributed by atoms with Gasteiger partial charge >= 0.3 is 0 Å². The summed E-state index contributed by atoms with van der Waals surface area (Å²) in [4.78, 5) is 53.2. The first-order valence-electron chi connectivity index (χ1n) is 10.3. The van der Waals surface area contributed by atoms with Crippen molar-refractivity contribution in [3.05, 3.63) is 96.4 Å². The molecule has 2 heterocycles. The minimum absolute atomic E-state index is 0.0891. The molecule has 0 bridgehead atoms. The molecule has 1 fully saturated rings. The van der Waals surface area contributed by atoms with Gasteiger partial charge in [0.15, 0.2) is 0 Å². The highest BCUT2D eigenvalue weighted by atomic mass is 79.9. The van der Waals surface area contributed by atoms with Crippen LogP contribution in [-0.4, -0.2) is 40.7 Å². The molecule has 0 aliphatic carbocycles. The minimum atomic E-state index is -1.18. The summed E-state index contributed by atoms with van der Waals surface area (Å²) in [6.07, 6.45) is 0. The number of carbonyl (C=O) groups is 3. The van der Waals surface area contributed by atoms with E-state index in [-0.39, 0.29) is 11.1 Å². The first kappa shape index (κ1) is 23.2. The topological polar surface area (TPSA) is 110 Å². The summed E-state index contributed by atoms with van der Waals surface area (Å²) in [5.41, 5.74) is 0.370. The van der Waals surface area contributed by atoms with Gasteiger partial charge in [0.2, 0.25) is 0 Å². The van der Waals surface area contributed by atoms with Crippen LogP contribution < -0.4 is 9.64 Å². The zero-order valence-electron chi connectivity index (χ0n) is 18.0. The average Bonchev–Trinajstić information content (AvgIpc) is 3.08. The summed E-state index contributed by atoms with van der Waals surface area (Å²) in [6, 6.07) is 14.3. The van der Waals surface area contributed by atoms with Crippen LogP contribution in [0.1, 0.15) is 32.3 Å². The highest BCUT2D eigenvalue weighted by Crippen LogP contribution is 2.46. The second kappa shape index (κ2) is 8.58. The van der Waals surface area contributed by atoms with Gasteiger partial charge in [-0.2, -0.15) is 0 Å². The zero-order chi connectivity index (χ0) is 25.0. The van der Waals surface area contributed by atoms with Crippen molar-refractivity contribution in [2.45, 2.75) is 12.1 Å². The molecule has 2 atom stereocenters. The number of benzene rings is 3. The number of hydrogen-bond donors (Lipinski definition) is 0. The lowest BCUT2D eigenvalue weighted by atomic mass is 9.86. The number of amides is 3. The summed E-state index contributed by atoms with van der Waals surface area (Å²) < 4.78 is 6.75. The van der Waals surface area contributed by atoms with Crippen LogP contribution in [0.15, 0.2) is 69.6 Å². The van der Waals surface area contributed by atoms with E-state index in [2.05, 4.69) is 31.9 Å². The average molecular weight is 601 g/mol. The van der Waals surface area contributed by atoms with Crippen LogP contribution in [0, 0.1) is 10.1 Å². The molecule has 3 aromatic carbocycles. The van der Waals surface area contributed by atoms with Gasteiger partial charge in [0.25, 0.3) is 23.4 Å². The molecule has 9 nitrogen and oxygen atoms in total. The molecule has 0 saturated carbocycles. The molecule has 35 heavy (non-hydrogen) atoms. The fraction of sp³-hybridized carbons (Fsp3) is 0.125. The summed E-state index contributed by atoms with van der Waals surface area (Å²) in [7, 11) is 1.52. The quantitative estimate of drug-likeness (QED) is 0.179. The Bertz CT molecular complexity index is 1430. The van der Waals surface area contributed by atoms with Crippen LogP contribution in [0.3, 0.4) is 0 Å². The molecule has 0 radical (unpaired) electrons.